The van der Waals surface area contributed by atoms with Gasteiger partial charge in [0.05, 0.1) is 5.60 Å². The van der Waals surface area contributed by atoms with Crippen molar-refractivity contribution in [2.75, 3.05) is 19.7 Å². The van der Waals surface area contributed by atoms with Crippen molar-refractivity contribution in [1.82, 2.24) is 10.2 Å². The number of rotatable bonds is 7. The summed E-state index contributed by atoms with van der Waals surface area (Å²) in [7, 11) is 0. The second-order valence-corrected chi connectivity index (χ2v) is 11.4. The highest BCUT2D eigenvalue weighted by atomic mass is 16.5. The van der Waals surface area contributed by atoms with Crippen LogP contribution in [0.1, 0.15) is 54.4 Å². The van der Waals surface area contributed by atoms with E-state index < -0.39 is 23.2 Å². The molecule has 212 valence electrons. The second-order valence-electron chi connectivity index (χ2n) is 11.4. The number of aryl methyl sites for hydroxylation is 2. The molecule has 5 rings (SSSR count). The van der Waals surface area contributed by atoms with Crippen molar-refractivity contribution >= 4 is 22.8 Å². The largest absolute Gasteiger partial charge is 0.483 e. The summed E-state index contributed by atoms with van der Waals surface area (Å²) in [5.41, 5.74) is 2.36. The normalized spacial score (nSPS) is 21.5. The summed E-state index contributed by atoms with van der Waals surface area (Å²) in [5.74, 6) is -0.0489. The van der Waals surface area contributed by atoms with Gasteiger partial charge < -0.3 is 24.5 Å². The highest BCUT2D eigenvalue weighted by molar-refractivity contribution is 5.89. The molecule has 3 aromatic rings. The smallest absolute Gasteiger partial charge is 0.339 e. The van der Waals surface area contributed by atoms with Crippen LogP contribution in [-0.4, -0.2) is 53.2 Å². The highest BCUT2D eigenvalue weighted by Crippen LogP contribution is 2.40. The zero-order chi connectivity index (χ0) is 28.4. The van der Waals surface area contributed by atoms with Gasteiger partial charge in [0.25, 0.3) is 5.91 Å². The van der Waals surface area contributed by atoms with Crippen molar-refractivity contribution in [2.24, 2.45) is 5.92 Å². The van der Waals surface area contributed by atoms with Crippen LogP contribution in [0.5, 0.6) is 5.75 Å². The Labute approximate surface area is 234 Å². The first-order valence-corrected chi connectivity index (χ1v) is 14.2. The van der Waals surface area contributed by atoms with Gasteiger partial charge in [-0.3, -0.25) is 9.59 Å². The monoisotopic (exact) mass is 546 g/mol. The number of piperidine rings is 1. The minimum absolute atomic E-state index is 0.0683. The first-order chi connectivity index (χ1) is 19.2. The Bertz CT molecular complexity index is 1470. The molecule has 2 heterocycles. The number of carbonyl (C=O) groups is 2. The van der Waals surface area contributed by atoms with Crippen LogP contribution >= 0.6 is 0 Å². The molecule has 2 N–H and O–H groups in total. The Morgan fingerprint density at radius 1 is 1.07 bits per heavy atom. The summed E-state index contributed by atoms with van der Waals surface area (Å²) in [5, 5.41) is 14.8. The molecule has 8 nitrogen and oxygen atoms in total. The summed E-state index contributed by atoms with van der Waals surface area (Å²) in [6.07, 6.45) is 4.71. The SMILES string of the molecule is Cc1c(C)c2ccc(OCC(=O)N[C@@H](Cc3ccccc3)C(=O)N3CC[C@]4(O)CCCC[C@@H]4C3)c(C)c2oc1=O. The number of likely N-dealkylation sites (tertiary alicyclic amines) is 1. The number of ether oxygens (including phenoxy) is 1. The number of fused-ring (bicyclic) bond motifs is 2. The lowest BCUT2D eigenvalue weighted by atomic mass is 9.71. The van der Waals surface area contributed by atoms with Crippen molar-refractivity contribution < 1.29 is 23.8 Å². The van der Waals surface area contributed by atoms with Gasteiger partial charge in [0.1, 0.15) is 17.4 Å². The van der Waals surface area contributed by atoms with Gasteiger partial charge in [-0.05, 0) is 63.3 Å². The Hall–Kier alpha value is -3.65. The van der Waals surface area contributed by atoms with E-state index in [0.29, 0.717) is 48.4 Å². The van der Waals surface area contributed by atoms with Crippen molar-refractivity contribution in [1.29, 1.82) is 0 Å². The summed E-state index contributed by atoms with van der Waals surface area (Å²) >= 11 is 0. The van der Waals surface area contributed by atoms with Crippen LogP contribution in [-0.2, 0) is 16.0 Å². The van der Waals surface area contributed by atoms with Gasteiger partial charge in [0.2, 0.25) is 5.91 Å². The number of nitrogens with one attached hydrogen (secondary N) is 1. The zero-order valence-electron chi connectivity index (χ0n) is 23.5. The molecule has 0 bridgehead atoms. The Kier molecular flexibility index (Phi) is 7.99. The highest BCUT2D eigenvalue weighted by Gasteiger charge is 2.44. The summed E-state index contributed by atoms with van der Waals surface area (Å²) in [4.78, 5) is 40.8. The molecule has 0 spiro atoms. The van der Waals surface area contributed by atoms with E-state index in [9.17, 15) is 19.5 Å². The van der Waals surface area contributed by atoms with Gasteiger partial charge in [-0.25, -0.2) is 4.79 Å². The maximum absolute atomic E-state index is 13.7. The van der Waals surface area contributed by atoms with Crippen LogP contribution < -0.4 is 15.7 Å². The van der Waals surface area contributed by atoms with Gasteiger partial charge in [0.15, 0.2) is 6.61 Å². The van der Waals surface area contributed by atoms with Crippen molar-refractivity contribution in [3.63, 3.8) is 0 Å². The predicted molar refractivity (Wildman–Crippen MR) is 152 cm³/mol. The van der Waals surface area contributed by atoms with Crippen LogP contribution in [0.2, 0.25) is 0 Å². The minimum Gasteiger partial charge on any atom is -0.483 e. The first kappa shape index (κ1) is 27.9. The lowest BCUT2D eigenvalue weighted by Crippen LogP contribution is -2.58. The number of hydrogen-bond acceptors (Lipinski definition) is 6. The number of aliphatic hydroxyl groups is 1. The topological polar surface area (TPSA) is 109 Å². The first-order valence-electron chi connectivity index (χ1n) is 14.2. The van der Waals surface area contributed by atoms with Crippen LogP contribution in [0.4, 0.5) is 0 Å². The number of amides is 2. The molecule has 0 radical (unpaired) electrons. The van der Waals surface area contributed by atoms with Crippen LogP contribution in [0, 0.1) is 26.7 Å². The van der Waals surface area contributed by atoms with Gasteiger partial charge in [-0.15, -0.1) is 0 Å². The third kappa shape index (κ3) is 5.63. The molecule has 0 unspecified atom stereocenters. The van der Waals surface area contributed by atoms with Crippen LogP contribution in [0.3, 0.4) is 0 Å². The summed E-state index contributed by atoms with van der Waals surface area (Å²) in [6, 6.07) is 12.5. The van der Waals surface area contributed by atoms with E-state index in [1.807, 2.05) is 43.3 Å². The van der Waals surface area contributed by atoms with E-state index in [1.54, 1.807) is 24.8 Å². The molecule has 1 saturated carbocycles. The molecule has 1 aliphatic carbocycles. The Balaban J connectivity index is 1.29. The van der Waals surface area contributed by atoms with Gasteiger partial charge >= 0.3 is 5.63 Å². The summed E-state index contributed by atoms with van der Waals surface area (Å²) < 4.78 is 11.4. The Morgan fingerprint density at radius 3 is 2.62 bits per heavy atom. The van der Waals surface area contributed by atoms with Crippen molar-refractivity contribution in [2.45, 2.75) is 70.9 Å². The maximum atomic E-state index is 13.7. The molecule has 3 atom stereocenters. The third-order valence-electron chi connectivity index (χ3n) is 8.84. The lowest BCUT2D eigenvalue weighted by Gasteiger charge is -2.48. The molecular formula is C32H38N2O6. The van der Waals surface area contributed by atoms with Crippen LogP contribution in [0.25, 0.3) is 11.0 Å². The number of carbonyl (C=O) groups excluding carboxylic acids is 2. The average molecular weight is 547 g/mol. The van der Waals surface area contributed by atoms with E-state index in [1.165, 1.54) is 0 Å². The standard InChI is InChI=1S/C32H38N2O6/c1-20-21(2)31(37)40-29-22(3)27(13-12-25(20)29)39-19-28(35)33-26(17-23-9-5-4-6-10-23)30(36)34-16-15-32(38)14-8-7-11-24(32)18-34/h4-6,9-10,12-13,24,26,38H,7-8,11,14-19H2,1-3H3,(H,33,35)/t24-,26+,32-/m1/s1. The van der Waals surface area contributed by atoms with E-state index in [-0.39, 0.29) is 18.4 Å². The maximum Gasteiger partial charge on any atom is 0.339 e. The number of benzene rings is 2. The molecule has 1 aromatic heterocycles. The average Bonchev–Trinajstić information content (AvgIpc) is 2.95. The minimum atomic E-state index is -0.755. The second kappa shape index (κ2) is 11.5. The van der Waals surface area contributed by atoms with Crippen molar-refractivity contribution in [3.8, 4) is 5.75 Å². The molecule has 1 saturated heterocycles. The molecule has 2 aromatic carbocycles. The fraction of sp³-hybridized carbons (Fsp3) is 0.469. The fourth-order valence-electron chi connectivity index (χ4n) is 6.20. The van der Waals surface area contributed by atoms with Crippen LogP contribution in [0.15, 0.2) is 51.7 Å². The van der Waals surface area contributed by atoms with E-state index >= 15 is 0 Å². The van der Waals surface area contributed by atoms with E-state index in [4.69, 9.17) is 9.15 Å². The number of nitrogens with zero attached hydrogens (tertiary/aromatic N) is 1. The molecule has 2 fully saturated rings. The fourth-order valence-corrected chi connectivity index (χ4v) is 6.20. The Morgan fingerprint density at radius 2 is 1.85 bits per heavy atom. The van der Waals surface area contributed by atoms with Crippen molar-refractivity contribution in [3.05, 3.63) is 75.1 Å². The molecule has 1 aliphatic heterocycles. The number of hydrogen-bond donors (Lipinski definition) is 2. The molecule has 8 heteroatoms. The summed E-state index contributed by atoms with van der Waals surface area (Å²) in [6.45, 7) is 6.09. The molecule has 2 amide bonds. The molecule has 40 heavy (non-hydrogen) atoms. The van der Waals surface area contributed by atoms with E-state index in [2.05, 4.69) is 5.32 Å². The zero-order valence-corrected chi connectivity index (χ0v) is 23.5. The quantitative estimate of drug-likeness (QED) is 0.434. The van der Waals surface area contributed by atoms with Gasteiger partial charge in [0, 0.05) is 41.9 Å². The van der Waals surface area contributed by atoms with E-state index in [0.717, 1.165) is 42.2 Å². The predicted octanol–water partition coefficient (Wildman–Crippen LogP) is 3.98. The van der Waals surface area contributed by atoms with Gasteiger partial charge in [-0.2, -0.15) is 0 Å². The van der Waals surface area contributed by atoms with Gasteiger partial charge in [-0.1, -0.05) is 43.2 Å². The molecular weight excluding hydrogens is 508 g/mol. The lowest BCUT2D eigenvalue weighted by molar-refractivity contribution is -0.147. The molecule has 2 aliphatic rings. The third-order valence-corrected chi connectivity index (χ3v) is 8.84.